The van der Waals surface area contributed by atoms with E-state index in [0.29, 0.717) is 18.2 Å². The zero-order valence-electron chi connectivity index (χ0n) is 12.6. The molecule has 22 heavy (non-hydrogen) atoms. The van der Waals surface area contributed by atoms with E-state index < -0.39 is 0 Å². The van der Waals surface area contributed by atoms with Gasteiger partial charge in [-0.05, 0) is 29.3 Å². The summed E-state index contributed by atoms with van der Waals surface area (Å²) in [6.45, 7) is 1.29. The van der Waals surface area contributed by atoms with Gasteiger partial charge in [0.25, 0.3) is 0 Å². The maximum Gasteiger partial charge on any atom is 0.191 e. The monoisotopic (exact) mass is 318 g/mol. The van der Waals surface area contributed by atoms with Crippen molar-refractivity contribution < 1.29 is 4.74 Å². The Kier molecular flexibility index (Phi) is 6.03. The zero-order valence-corrected chi connectivity index (χ0v) is 13.4. The number of aliphatic imine (C=N–C) groups is 1. The van der Waals surface area contributed by atoms with Crippen LogP contribution in [0, 0.1) is 0 Å². The fourth-order valence-corrected chi connectivity index (χ4v) is 2.00. The van der Waals surface area contributed by atoms with Crippen molar-refractivity contribution in [2.24, 2.45) is 4.99 Å². The highest BCUT2D eigenvalue weighted by Crippen LogP contribution is 2.12. The van der Waals surface area contributed by atoms with Crippen LogP contribution in [0.3, 0.4) is 0 Å². The predicted octanol–water partition coefficient (Wildman–Crippen LogP) is 2.61. The quantitative estimate of drug-likeness (QED) is 0.505. The summed E-state index contributed by atoms with van der Waals surface area (Å²) < 4.78 is 5.21. The van der Waals surface area contributed by atoms with Crippen molar-refractivity contribution in [2.75, 3.05) is 14.2 Å². The number of pyridine rings is 1. The smallest absolute Gasteiger partial charge is 0.191 e. The highest BCUT2D eigenvalue weighted by atomic mass is 35.5. The Morgan fingerprint density at radius 2 is 1.95 bits per heavy atom. The number of methoxy groups -OCH3 is 1. The van der Waals surface area contributed by atoms with Gasteiger partial charge in [-0.25, -0.2) is 4.98 Å². The van der Waals surface area contributed by atoms with Crippen LogP contribution in [0.15, 0.2) is 47.6 Å². The molecule has 1 aromatic carbocycles. The molecule has 2 N–H and O–H groups in total. The molecule has 1 aromatic heterocycles. The van der Waals surface area contributed by atoms with Gasteiger partial charge in [0.2, 0.25) is 0 Å². The first-order chi connectivity index (χ1) is 10.7. The van der Waals surface area contributed by atoms with Crippen molar-refractivity contribution in [3.05, 3.63) is 58.9 Å². The summed E-state index contributed by atoms with van der Waals surface area (Å²) in [4.78, 5) is 8.24. The first-order valence-corrected chi connectivity index (χ1v) is 7.27. The third-order valence-corrected chi connectivity index (χ3v) is 3.29. The molecular weight excluding hydrogens is 300 g/mol. The molecule has 0 saturated carbocycles. The van der Waals surface area contributed by atoms with Gasteiger partial charge in [-0.2, -0.15) is 0 Å². The van der Waals surface area contributed by atoms with Crippen LogP contribution in [0.1, 0.15) is 11.1 Å². The summed E-state index contributed by atoms with van der Waals surface area (Å²) in [6.07, 6.45) is 1.74. The van der Waals surface area contributed by atoms with Gasteiger partial charge in [-0.1, -0.05) is 29.8 Å². The van der Waals surface area contributed by atoms with Crippen molar-refractivity contribution in [2.45, 2.75) is 13.1 Å². The number of hydrogen-bond donors (Lipinski definition) is 2. The van der Waals surface area contributed by atoms with Crippen molar-refractivity contribution in [3.8, 4) is 5.75 Å². The lowest BCUT2D eigenvalue weighted by atomic mass is 10.2. The van der Waals surface area contributed by atoms with Crippen LogP contribution >= 0.6 is 11.6 Å². The fraction of sp³-hybridized carbons (Fsp3) is 0.250. The van der Waals surface area contributed by atoms with Crippen LogP contribution in [0.5, 0.6) is 5.75 Å². The molecule has 0 fully saturated rings. The van der Waals surface area contributed by atoms with Gasteiger partial charge in [-0.15, -0.1) is 0 Å². The van der Waals surface area contributed by atoms with Crippen molar-refractivity contribution in [1.82, 2.24) is 15.6 Å². The molecule has 2 rings (SSSR count). The van der Waals surface area contributed by atoms with Gasteiger partial charge < -0.3 is 15.4 Å². The van der Waals surface area contributed by atoms with Crippen LogP contribution in [0.4, 0.5) is 0 Å². The van der Waals surface area contributed by atoms with Gasteiger partial charge in [-0.3, -0.25) is 4.99 Å². The number of hydrogen-bond acceptors (Lipinski definition) is 3. The summed E-state index contributed by atoms with van der Waals surface area (Å²) in [5, 5.41) is 6.97. The Balaban J connectivity index is 1.85. The van der Waals surface area contributed by atoms with Gasteiger partial charge in [0.1, 0.15) is 10.9 Å². The summed E-state index contributed by atoms with van der Waals surface area (Å²) in [5.74, 6) is 1.56. The first kappa shape index (κ1) is 16.1. The van der Waals surface area contributed by atoms with Gasteiger partial charge >= 0.3 is 0 Å². The molecule has 6 heteroatoms. The normalized spacial score (nSPS) is 11.1. The average Bonchev–Trinajstić information content (AvgIpc) is 2.57. The molecule has 0 saturated heterocycles. The highest BCUT2D eigenvalue weighted by Gasteiger charge is 2.01. The molecule has 5 nitrogen and oxygen atoms in total. The lowest BCUT2D eigenvalue weighted by molar-refractivity contribution is 0.414. The van der Waals surface area contributed by atoms with E-state index in [1.165, 1.54) is 0 Å². The van der Waals surface area contributed by atoms with Crippen LogP contribution in [-0.4, -0.2) is 25.1 Å². The average molecular weight is 319 g/mol. The number of benzene rings is 1. The van der Waals surface area contributed by atoms with Crippen molar-refractivity contribution in [1.29, 1.82) is 0 Å². The van der Waals surface area contributed by atoms with Crippen molar-refractivity contribution in [3.63, 3.8) is 0 Å². The fourth-order valence-electron chi connectivity index (χ4n) is 1.89. The number of nitrogens with zero attached hydrogens (tertiary/aromatic N) is 2. The molecule has 0 atom stereocenters. The minimum absolute atomic E-state index is 0.490. The number of guanidine groups is 1. The number of rotatable bonds is 5. The Bertz CT molecular complexity index is 628. The van der Waals surface area contributed by atoms with E-state index in [1.54, 1.807) is 26.4 Å². The minimum atomic E-state index is 0.490. The second-order valence-corrected chi connectivity index (χ2v) is 5.01. The third-order valence-electron chi connectivity index (χ3n) is 3.07. The molecule has 0 bridgehead atoms. The van der Waals surface area contributed by atoms with E-state index in [2.05, 4.69) is 20.6 Å². The highest BCUT2D eigenvalue weighted by molar-refractivity contribution is 6.29. The first-order valence-electron chi connectivity index (χ1n) is 6.89. The lowest BCUT2D eigenvalue weighted by Crippen LogP contribution is -2.36. The molecule has 0 aliphatic heterocycles. The van der Waals surface area contributed by atoms with E-state index in [1.807, 2.05) is 30.3 Å². The molecule has 0 spiro atoms. The van der Waals surface area contributed by atoms with Gasteiger partial charge in [0.05, 0.1) is 7.11 Å². The lowest BCUT2D eigenvalue weighted by Gasteiger charge is -2.12. The van der Waals surface area contributed by atoms with E-state index >= 15 is 0 Å². The molecule has 0 amide bonds. The molecule has 0 aliphatic rings. The summed E-state index contributed by atoms with van der Waals surface area (Å²) in [5.41, 5.74) is 2.16. The summed E-state index contributed by atoms with van der Waals surface area (Å²) in [6, 6.07) is 11.6. The molecule has 1 heterocycles. The Hall–Kier alpha value is -2.27. The maximum absolute atomic E-state index is 5.77. The van der Waals surface area contributed by atoms with Crippen LogP contribution in [-0.2, 0) is 13.1 Å². The largest absolute Gasteiger partial charge is 0.497 e. The Labute approximate surface area is 135 Å². The van der Waals surface area contributed by atoms with Crippen LogP contribution < -0.4 is 15.4 Å². The molecule has 0 aliphatic carbocycles. The van der Waals surface area contributed by atoms with Crippen molar-refractivity contribution >= 4 is 17.6 Å². The Morgan fingerprint density at radius 3 is 2.59 bits per heavy atom. The van der Waals surface area contributed by atoms with Crippen LogP contribution in [0.25, 0.3) is 0 Å². The van der Waals surface area contributed by atoms with E-state index in [0.717, 1.165) is 22.8 Å². The minimum Gasteiger partial charge on any atom is -0.497 e. The van der Waals surface area contributed by atoms with Gasteiger partial charge in [0.15, 0.2) is 5.96 Å². The molecule has 116 valence electrons. The van der Waals surface area contributed by atoms with E-state index in [4.69, 9.17) is 16.3 Å². The number of aromatic nitrogens is 1. The third kappa shape index (κ3) is 4.93. The second kappa shape index (κ2) is 8.24. The number of halogens is 1. The predicted molar refractivity (Wildman–Crippen MR) is 89.3 cm³/mol. The summed E-state index contributed by atoms with van der Waals surface area (Å²) >= 11 is 5.77. The molecule has 0 radical (unpaired) electrons. The number of ether oxygens (including phenoxy) is 1. The van der Waals surface area contributed by atoms with Gasteiger partial charge in [0, 0.05) is 26.3 Å². The molecular formula is C16H19ClN4O. The maximum atomic E-state index is 5.77. The summed E-state index contributed by atoms with van der Waals surface area (Å²) in [7, 11) is 3.40. The number of nitrogens with one attached hydrogen (secondary N) is 2. The standard InChI is InChI=1S/C16H19ClN4O/c1-18-16(21-11-13-6-7-15(17)19-10-13)20-9-12-4-3-5-14(8-12)22-2/h3-8,10H,9,11H2,1-2H3,(H2,18,20,21). The second-order valence-electron chi connectivity index (χ2n) is 4.62. The Morgan fingerprint density at radius 1 is 1.18 bits per heavy atom. The van der Waals surface area contributed by atoms with Crippen LogP contribution in [0.2, 0.25) is 5.15 Å². The van der Waals surface area contributed by atoms with E-state index in [9.17, 15) is 0 Å². The molecule has 0 unspecified atom stereocenters. The van der Waals surface area contributed by atoms with E-state index in [-0.39, 0.29) is 0 Å². The molecule has 2 aromatic rings. The zero-order chi connectivity index (χ0) is 15.8. The topological polar surface area (TPSA) is 58.5 Å². The SMILES string of the molecule is CN=C(NCc1ccc(Cl)nc1)NCc1cccc(OC)c1.